The number of rotatable bonds is 2. The van der Waals surface area contributed by atoms with Crippen molar-refractivity contribution < 1.29 is 9.53 Å². The van der Waals surface area contributed by atoms with Crippen molar-refractivity contribution in [3.8, 4) is 0 Å². The summed E-state index contributed by atoms with van der Waals surface area (Å²) in [6.45, 7) is 2.99. The highest BCUT2D eigenvalue weighted by molar-refractivity contribution is 8.23. The molecular formula is C21H22N2O2S2. The predicted octanol–water partition coefficient (Wildman–Crippen LogP) is 3.80. The van der Waals surface area contributed by atoms with Gasteiger partial charge in [-0.3, -0.25) is 9.69 Å². The molecule has 0 bridgehead atoms. The fourth-order valence-corrected chi connectivity index (χ4v) is 4.67. The normalized spacial score (nSPS) is 16.3. The van der Waals surface area contributed by atoms with Crippen LogP contribution in [0.5, 0.6) is 0 Å². The van der Waals surface area contributed by atoms with Gasteiger partial charge in [-0.2, -0.15) is 0 Å². The van der Waals surface area contributed by atoms with E-state index in [1.807, 2.05) is 41.3 Å². The highest BCUT2D eigenvalue weighted by atomic mass is 32.2. The Morgan fingerprint density at radius 3 is 2.11 bits per heavy atom. The molecule has 6 heteroatoms. The van der Waals surface area contributed by atoms with Crippen LogP contribution in [0.3, 0.4) is 0 Å². The molecule has 0 unspecified atom stereocenters. The van der Waals surface area contributed by atoms with Crippen molar-refractivity contribution in [1.29, 1.82) is 0 Å². The molecule has 1 amide bonds. The number of carbonyl (C=O) groups is 1. The molecule has 4 nitrogen and oxygen atoms in total. The number of thioether (sulfide) groups is 1. The number of ether oxygens (including phenoxy) is 1. The Balaban J connectivity index is 1.56. The zero-order valence-corrected chi connectivity index (χ0v) is 16.7. The summed E-state index contributed by atoms with van der Waals surface area (Å²) >= 11 is 6.99. The van der Waals surface area contributed by atoms with Gasteiger partial charge in [-0.15, -0.1) is 0 Å². The average molecular weight is 399 g/mol. The van der Waals surface area contributed by atoms with Crippen LogP contribution in [-0.2, 0) is 22.4 Å². The Morgan fingerprint density at radius 2 is 1.52 bits per heavy atom. The Bertz CT molecular complexity index is 802. The maximum absolute atomic E-state index is 13.3. The van der Waals surface area contributed by atoms with Gasteiger partial charge in [-0.25, -0.2) is 0 Å². The lowest BCUT2D eigenvalue weighted by Crippen LogP contribution is -2.39. The molecule has 0 spiro atoms. The third-order valence-electron chi connectivity index (χ3n) is 4.97. The van der Waals surface area contributed by atoms with E-state index in [1.54, 1.807) is 0 Å². The van der Waals surface area contributed by atoms with E-state index < -0.39 is 0 Å². The maximum atomic E-state index is 13.3. The number of carbonyl (C=O) groups excluding carboxylic acids is 1. The first-order valence-electron chi connectivity index (χ1n) is 9.22. The van der Waals surface area contributed by atoms with E-state index in [1.165, 1.54) is 22.9 Å². The number of fused-ring (bicyclic) bond motifs is 2. The predicted molar refractivity (Wildman–Crippen MR) is 115 cm³/mol. The summed E-state index contributed by atoms with van der Waals surface area (Å²) < 4.78 is 6.16. The topological polar surface area (TPSA) is 32.8 Å². The van der Waals surface area contributed by atoms with Gasteiger partial charge in [0.2, 0.25) is 5.91 Å². The smallest absolute Gasteiger partial charge is 0.242 e. The summed E-state index contributed by atoms with van der Waals surface area (Å²) in [7, 11) is 0. The molecule has 0 aliphatic carbocycles. The van der Waals surface area contributed by atoms with Crippen LogP contribution in [0, 0.1) is 0 Å². The second-order valence-corrected chi connectivity index (χ2v) is 8.25. The van der Waals surface area contributed by atoms with E-state index in [4.69, 9.17) is 17.0 Å². The summed E-state index contributed by atoms with van der Waals surface area (Å²) in [5.74, 6) is 0.399. The maximum Gasteiger partial charge on any atom is 0.242 e. The zero-order valence-electron chi connectivity index (χ0n) is 15.1. The van der Waals surface area contributed by atoms with E-state index in [0.717, 1.165) is 41.6 Å². The molecule has 0 N–H and O–H groups in total. The molecule has 140 valence electrons. The Hall–Kier alpha value is -1.89. The van der Waals surface area contributed by atoms with E-state index in [2.05, 4.69) is 17.0 Å². The van der Waals surface area contributed by atoms with Crippen molar-refractivity contribution in [1.82, 2.24) is 4.90 Å². The first kappa shape index (κ1) is 18.5. The minimum atomic E-state index is 0.0670. The van der Waals surface area contributed by atoms with Crippen molar-refractivity contribution in [3.63, 3.8) is 0 Å². The van der Waals surface area contributed by atoms with Gasteiger partial charge >= 0.3 is 0 Å². The van der Waals surface area contributed by atoms with Gasteiger partial charge in [0.1, 0.15) is 4.32 Å². The van der Waals surface area contributed by atoms with E-state index in [9.17, 15) is 4.79 Å². The highest BCUT2D eigenvalue weighted by Crippen LogP contribution is 2.36. The fraction of sp³-hybridized carbons (Fsp3) is 0.333. The first-order valence-corrected chi connectivity index (χ1v) is 10.6. The largest absolute Gasteiger partial charge is 0.378 e. The number of anilines is 2. The summed E-state index contributed by atoms with van der Waals surface area (Å²) in [6, 6.07) is 16.4. The Morgan fingerprint density at radius 1 is 0.963 bits per heavy atom. The molecule has 1 fully saturated rings. The number of hydrogen-bond acceptors (Lipinski definition) is 4. The molecule has 2 heterocycles. The van der Waals surface area contributed by atoms with Crippen LogP contribution in [0.2, 0.25) is 0 Å². The molecule has 0 atom stereocenters. The van der Waals surface area contributed by atoms with Gasteiger partial charge in [-0.05, 0) is 36.1 Å². The fourth-order valence-electron chi connectivity index (χ4n) is 3.57. The van der Waals surface area contributed by atoms with Gasteiger partial charge in [0.05, 0.1) is 30.3 Å². The number of thiocarbonyl (C=S) groups is 1. The zero-order chi connectivity index (χ0) is 18.6. The lowest BCUT2D eigenvalue weighted by Gasteiger charge is -2.29. The van der Waals surface area contributed by atoms with Crippen molar-refractivity contribution in [2.75, 3.05) is 37.0 Å². The van der Waals surface area contributed by atoms with Crippen LogP contribution in [0.25, 0.3) is 0 Å². The lowest BCUT2D eigenvalue weighted by molar-refractivity contribution is -0.115. The number of aryl methyl sites for hydroxylation is 2. The molecule has 2 aromatic rings. The second-order valence-electron chi connectivity index (χ2n) is 6.64. The number of hydrogen-bond donors (Lipinski definition) is 0. The molecule has 27 heavy (non-hydrogen) atoms. The van der Waals surface area contributed by atoms with E-state index >= 15 is 0 Å². The molecule has 0 saturated carbocycles. The molecule has 2 aliphatic rings. The Labute approximate surface area is 169 Å². The monoisotopic (exact) mass is 398 g/mol. The van der Waals surface area contributed by atoms with Gasteiger partial charge < -0.3 is 9.64 Å². The van der Waals surface area contributed by atoms with Crippen LogP contribution >= 0.6 is 24.0 Å². The molecule has 2 aliphatic heterocycles. The Kier molecular flexibility index (Phi) is 5.76. The standard InChI is InChI=1S/C21H22N2O2S2/c24-20(15-27-21(26)22-11-13-25-14-12-22)23-18-7-3-1-5-16(18)9-10-17-6-2-4-8-19(17)23/h1-8H,9-15H2. The third kappa shape index (κ3) is 4.03. The average Bonchev–Trinajstić information content (AvgIpc) is 2.89. The number of benzene rings is 2. The van der Waals surface area contributed by atoms with Crippen LogP contribution < -0.4 is 4.90 Å². The molecule has 4 rings (SSSR count). The van der Waals surface area contributed by atoms with E-state index in [0.29, 0.717) is 19.0 Å². The summed E-state index contributed by atoms with van der Waals surface area (Å²) in [5, 5.41) is 0. The first-order chi connectivity index (χ1) is 13.2. The minimum Gasteiger partial charge on any atom is -0.378 e. The summed E-state index contributed by atoms with van der Waals surface area (Å²) in [5.41, 5.74) is 4.40. The van der Waals surface area contributed by atoms with Gasteiger partial charge in [0, 0.05) is 13.1 Å². The number of morpholine rings is 1. The van der Waals surface area contributed by atoms with Crippen molar-refractivity contribution in [2.24, 2.45) is 0 Å². The second kappa shape index (κ2) is 8.42. The molecule has 1 saturated heterocycles. The molecule has 0 aromatic heterocycles. The summed E-state index contributed by atoms with van der Waals surface area (Å²) in [4.78, 5) is 17.3. The number of nitrogens with zero attached hydrogens (tertiary/aromatic N) is 2. The van der Waals surface area contributed by atoms with Crippen molar-refractivity contribution >= 4 is 45.6 Å². The van der Waals surface area contributed by atoms with Crippen LogP contribution in [-0.4, -0.2) is 47.2 Å². The lowest BCUT2D eigenvalue weighted by atomic mass is 10.0. The molecule has 2 aromatic carbocycles. The number of para-hydroxylation sites is 2. The third-order valence-corrected chi connectivity index (χ3v) is 6.47. The van der Waals surface area contributed by atoms with Crippen LogP contribution in [0.4, 0.5) is 11.4 Å². The molecular weight excluding hydrogens is 376 g/mol. The summed E-state index contributed by atoms with van der Waals surface area (Å²) in [6.07, 6.45) is 1.88. The van der Waals surface area contributed by atoms with Gasteiger partial charge in [0.25, 0.3) is 0 Å². The van der Waals surface area contributed by atoms with Gasteiger partial charge in [0.15, 0.2) is 0 Å². The van der Waals surface area contributed by atoms with Crippen LogP contribution in [0.1, 0.15) is 11.1 Å². The molecule has 0 radical (unpaired) electrons. The number of amides is 1. The van der Waals surface area contributed by atoms with Crippen LogP contribution in [0.15, 0.2) is 48.5 Å². The van der Waals surface area contributed by atoms with Crippen molar-refractivity contribution in [2.45, 2.75) is 12.8 Å². The quantitative estimate of drug-likeness (QED) is 0.719. The SMILES string of the molecule is O=C(CSC(=S)N1CCOCC1)N1c2ccccc2CCc2ccccc21. The van der Waals surface area contributed by atoms with Crippen molar-refractivity contribution in [3.05, 3.63) is 59.7 Å². The van der Waals surface area contributed by atoms with Gasteiger partial charge in [-0.1, -0.05) is 60.4 Å². The highest BCUT2D eigenvalue weighted by Gasteiger charge is 2.26. The minimum absolute atomic E-state index is 0.0670. The van der Waals surface area contributed by atoms with E-state index in [-0.39, 0.29) is 5.91 Å².